The summed E-state index contributed by atoms with van der Waals surface area (Å²) in [6.07, 6.45) is 1.02. The Morgan fingerprint density at radius 1 is 1.05 bits per heavy atom. The molecule has 0 bridgehead atoms. The molecule has 0 amide bonds. The van der Waals surface area contributed by atoms with E-state index < -0.39 is 0 Å². The molecule has 0 saturated carbocycles. The van der Waals surface area contributed by atoms with Gasteiger partial charge in [0.15, 0.2) is 0 Å². The lowest BCUT2D eigenvalue weighted by Crippen LogP contribution is -2.16. The number of hydrogen-bond acceptors (Lipinski definition) is 3. The van der Waals surface area contributed by atoms with E-state index in [-0.39, 0.29) is 6.61 Å². The van der Waals surface area contributed by atoms with Gasteiger partial charge in [0.2, 0.25) is 0 Å². The van der Waals surface area contributed by atoms with Gasteiger partial charge in [-0.3, -0.25) is 0 Å². The van der Waals surface area contributed by atoms with Crippen LogP contribution >= 0.6 is 0 Å². The van der Waals surface area contributed by atoms with E-state index >= 15 is 0 Å². The molecular formula is C18H23NO2. The summed E-state index contributed by atoms with van der Waals surface area (Å²) in [6.45, 7) is 2.76. The van der Waals surface area contributed by atoms with E-state index in [0.29, 0.717) is 12.6 Å². The number of aliphatic hydroxyl groups excluding tert-OH is 1. The molecule has 21 heavy (non-hydrogen) atoms. The summed E-state index contributed by atoms with van der Waals surface area (Å²) in [5.74, 6) is 0.921. The molecule has 0 fully saturated rings. The smallest absolute Gasteiger partial charge is 0.124 e. The minimum atomic E-state index is 0.0737. The second-order valence-electron chi connectivity index (χ2n) is 5.05. The Morgan fingerprint density at radius 2 is 1.71 bits per heavy atom. The Kier molecular flexibility index (Phi) is 5.78. The van der Waals surface area contributed by atoms with E-state index in [1.807, 2.05) is 49.5 Å². The Morgan fingerprint density at radius 3 is 2.33 bits per heavy atom. The van der Waals surface area contributed by atoms with E-state index in [2.05, 4.69) is 18.3 Å². The van der Waals surface area contributed by atoms with Gasteiger partial charge in [0.25, 0.3) is 0 Å². The molecule has 0 aliphatic heterocycles. The SMILES string of the molecule is CCC(NC)c1ccccc1OCc1ccc(CO)cc1. The van der Waals surface area contributed by atoms with E-state index in [0.717, 1.165) is 23.3 Å². The molecule has 0 heterocycles. The first-order valence-electron chi connectivity index (χ1n) is 7.36. The van der Waals surface area contributed by atoms with E-state index in [1.165, 1.54) is 5.56 Å². The van der Waals surface area contributed by atoms with E-state index in [4.69, 9.17) is 9.84 Å². The maximum absolute atomic E-state index is 9.05. The average Bonchev–Trinajstić information content (AvgIpc) is 2.55. The number of aliphatic hydroxyl groups is 1. The van der Waals surface area contributed by atoms with Gasteiger partial charge in [0.05, 0.1) is 6.61 Å². The molecule has 2 aromatic rings. The molecule has 1 atom stereocenters. The topological polar surface area (TPSA) is 41.5 Å². The Bertz CT molecular complexity index is 547. The predicted octanol–water partition coefficient (Wildman–Crippen LogP) is 3.43. The quantitative estimate of drug-likeness (QED) is 0.819. The van der Waals surface area contributed by atoms with E-state index in [1.54, 1.807) is 0 Å². The van der Waals surface area contributed by atoms with Crippen LogP contribution < -0.4 is 10.1 Å². The normalized spacial score (nSPS) is 12.1. The molecule has 112 valence electrons. The van der Waals surface area contributed by atoms with Crippen LogP contribution in [0.3, 0.4) is 0 Å². The van der Waals surface area contributed by atoms with Crippen molar-refractivity contribution in [1.82, 2.24) is 5.32 Å². The van der Waals surface area contributed by atoms with Gasteiger partial charge < -0.3 is 15.2 Å². The van der Waals surface area contributed by atoms with Gasteiger partial charge in [-0.15, -0.1) is 0 Å². The Balaban J connectivity index is 2.08. The summed E-state index contributed by atoms with van der Waals surface area (Å²) in [7, 11) is 1.97. The molecule has 2 N–H and O–H groups in total. The van der Waals surface area contributed by atoms with E-state index in [9.17, 15) is 0 Å². The second kappa shape index (κ2) is 7.81. The van der Waals surface area contributed by atoms with Gasteiger partial charge in [-0.25, -0.2) is 0 Å². The van der Waals surface area contributed by atoms with Gasteiger partial charge >= 0.3 is 0 Å². The number of ether oxygens (including phenoxy) is 1. The van der Waals surface area contributed by atoms with Crippen molar-refractivity contribution in [2.45, 2.75) is 32.6 Å². The van der Waals surface area contributed by atoms with Crippen molar-refractivity contribution in [3.8, 4) is 5.75 Å². The van der Waals surface area contributed by atoms with Gasteiger partial charge in [0, 0.05) is 11.6 Å². The molecular weight excluding hydrogens is 262 g/mol. The molecule has 0 radical (unpaired) electrons. The minimum Gasteiger partial charge on any atom is -0.489 e. The summed E-state index contributed by atoms with van der Waals surface area (Å²) in [6, 6.07) is 16.3. The highest BCUT2D eigenvalue weighted by molar-refractivity contribution is 5.36. The van der Waals surface area contributed by atoms with Crippen molar-refractivity contribution >= 4 is 0 Å². The van der Waals surface area contributed by atoms with Crippen molar-refractivity contribution < 1.29 is 9.84 Å². The standard InChI is InChI=1S/C18H23NO2/c1-3-17(19-2)16-6-4-5-7-18(16)21-13-15-10-8-14(12-20)9-11-15/h4-11,17,19-20H,3,12-13H2,1-2H3. The first-order chi connectivity index (χ1) is 10.3. The monoisotopic (exact) mass is 285 g/mol. The van der Waals surface area contributed by atoms with Crippen molar-refractivity contribution in [3.05, 3.63) is 65.2 Å². The summed E-state index contributed by atoms with van der Waals surface area (Å²) in [5.41, 5.74) is 3.20. The second-order valence-corrected chi connectivity index (χ2v) is 5.05. The summed E-state index contributed by atoms with van der Waals surface area (Å²) < 4.78 is 5.98. The lowest BCUT2D eigenvalue weighted by molar-refractivity contribution is 0.281. The number of benzene rings is 2. The largest absolute Gasteiger partial charge is 0.489 e. The third-order valence-corrected chi connectivity index (χ3v) is 3.65. The van der Waals surface area contributed by atoms with Crippen molar-refractivity contribution in [1.29, 1.82) is 0 Å². The summed E-state index contributed by atoms with van der Waals surface area (Å²) in [4.78, 5) is 0. The van der Waals surface area contributed by atoms with Crippen LogP contribution in [0.2, 0.25) is 0 Å². The number of hydrogen-bond donors (Lipinski definition) is 2. The molecule has 0 aromatic heterocycles. The zero-order valence-electron chi connectivity index (χ0n) is 12.7. The molecule has 0 aliphatic rings. The lowest BCUT2D eigenvalue weighted by Gasteiger charge is -2.18. The van der Waals surface area contributed by atoms with Crippen LogP contribution in [0.5, 0.6) is 5.75 Å². The zero-order valence-corrected chi connectivity index (χ0v) is 12.7. The fraction of sp³-hybridized carbons (Fsp3) is 0.333. The maximum Gasteiger partial charge on any atom is 0.124 e. The third kappa shape index (κ3) is 4.06. The first-order valence-corrected chi connectivity index (χ1v) is 7.36. The van der Waals surface area contributed by atoms with Gasteiger partial charge in [-0.05, 0) is 30.7 Å². The molecule has 0 saturated heterocycles. The molecule has 2 rings (SSSR count). The van der Waals surface area contributed by atoms with Crippen LogP contribution in [0.25, 0.3) is 0 Å². The van der Waals surface area contributed by atoms with Gasteiger partial charge in [-0.2, -0.15) is 0 Å². The fourth-order valence-corrected chi connectivity index (χ4v) is 2.38. The van der Waals surface area contributed by atoms with Gasteiger partial charge in [0.1, 0.15) is 12.4 Å². The van der Waals surface area contributed by atoms with Crippen LogP contribution in [0.1, 0.15) is 36.1 Å². The molecule has 2 aromatic carbocycles. The molecule has 0 spiro atoms. The zero-order chi connectivity index (χ0) is 15.1. The highest BCUT2D eigenvalue weighted by atomic mass is 16.5. The van der Waals surface area contributed by atoms with Crippen LogP contribution in [0.4, 0.5) is 0 Å². The molecule has 0 aliphatic carbocycles. The number of nitrogens with one attached hydrogen (secondary N) is 1. The maximum atomic E-state index is 9.05. The van der Waals surface area contributed by atoms with Gasteiger partial charge in [-0.1, -0.05) is 49.4 Å². The minimum absolute atomic E-state index is 0.0737. The Labute approximate surface area is 126 Å². The van der Waals surface area contributed by atoms with Crippen LogP contribution in [-0.4, -0.2) is 12.2 Å². The molecule has 1 unspecified atom stereocenters. The molecule has 3 nitrogen and oxygen atoms in total. The van der Waals surface area contributed by atoms with Crippen molar-refractivity contribution in [2.75, 3.05) is 7.05 Å². The third-order valence-electron chi connectivity index (χ3n) is 3.65. The van der Waals surface area contributed by atoms with Crippen molar-refractivity contribution in [3.63, 3.8) is 0 Å². The van der Waals surface area contributed by atoms with Crippen LogP contribution in [-0.2, 0) is 13.2 Å². The van der Waals surface area contributed by atoms with Crippen molar-refractivity contribution in [2.24, 2.45) is 0 Å². The molecule has 3 heteroatoms. The highest BCUT2D eigenvalue weighted by Gasteiger charge is 2.12. The number of para-hydroxylation sites is 1. The fourth-order valence-electron chi connectivity index (χ4n) is 2.38. The Hall–Kier alpha value is -1.84. The average molecular weight is 285 g/mol. The van der Waals surface area contributed by atoms with Crippen LogP contribution in [0.15, 0.2) is 48.5 Å². The highest BCUT2D eigenvalue weighted by Crippen LogP contribution is 2.27. The lowest BCUT2D eigenvalue weighted by atomic mass is 10.0. The number of rotatable bonds is 7. The predicted molar refractivity (Wildman–Crippen MR) is 85.2 cm³/mol. The summed E-state index contributed by atoms with van der Waals surface area (Å²) in [5, 5.41) is 12.4. The first kappa shape index (κ1) is 15.5. The summed E-state index contributed by atoms with van der Waals surface area (Å²) >= 11 is 0. The van der Waals surface area contributed by atoms with Crippen LogP contribution in [0, 0.1) is 0 Å².